The van der Waals surface area contributed by atoms with Crippen LogP contribution in [0.15, 0.2) is 18.2 Å². The summed E-state index contributed by atoms with van der Waals surface area (Å²) in [7, 11) is 0. The van der Waals surface area contributed by atoms with Gasteiger partial charge in [-0.05, 0) is 31.9 Å². The third-order valence-corrected chi connectivity index (χ3v) is 2.49. The van der Waals surface area contributed by atoms with E-state index in [0.29, 0.717) is 5.69 Å². The van der Waals surface area contributed by atoms with Crippen LogP contribution >= 0.6 is 0 Å². The van der Waals surface area contributed by atoms with Crippen LogP contribution in [-0.4, -0.2) is 5.54 Å². The molecule has 1 fully saturated rings. The molecule has 2 nitrogen and oxygen atoms in total. The van der Waals surface area contributed by atoms with Gasteiger partial charge < -0.3 is 11.1 Å². The van der Waals surface area contributed by atoms with Crippen LogP contribution in [-0.2, 0) is 0 Å². The van der Waals surface area contributed by atoms with E-state index in [0.717, 1.165) is 12.8 Å². The lowest BCUT2D eigenvalue weighted by Crippen LogP contribution is -2.17. The molecule has 0 aromatic heterocycles. The van der Waals surface area contributed by atoms with E-state index in [4.69, 9.17) is 5.73 Å². The Hall–Kier alpha value is -1.25. The highest BCUT2D eigenvalue weighted by atomic mass is 19.1. The molecule has 0 heterocycles. The van der Waals surface area contributed by atoms with Gasteiger partial charge in [-0.25, -0.2) is 4.39 Å². The van der Waals surface area contributed by atoms with Crippen molar-refractivity contribution in [3.05, 3.63) is 24.0 Å². The second kappa shape index (κ2) is 2.62. The van der Waals surface area contributed by atoms with Gasteiger partial charge in [-0.3, -0.25) is 0 Å². The van der Waals surface area contributed by atoms with Crippen LogP contribution in [0.2, 0.25) is 0 Å². The zero-order chi connectivity index (χ0) is 9.47. The quantitative estimate of drug-likeness (QED) is 0.686. The Morgan fingerprint density at radius 3 is 2.77 bits per heavy atom. The van der Waals surface area contributed by atoms with Gasteiger partial charge in [0.15, 0.2) is 0 Å². The third kappa shape index (κ3) is 1.59. The van der Waals surface area contributed by atoms with Gasteiger partial charge in [0.25, 0.3) is 0 Å². The molecule has 0 bridgehead atoms. The molecule has 2 rings (SSSR count). The summed E-state index contributed by atoms with van der Waals surface area (Å²) >= 11 is 0. The van der Waals surface area contributed by atoms with Gasteiger partial charge in [0.1, 0.15) is 5.82 Å². The predicted octanol–water partition coefficient (Wildman–Crippen LogP) is 2.37. The minimum atomic E-state index is -0.353. The fraction of sp³-hybridized carbons (Fsp3) is 0.400. The summed E-state index contributed by atoms with van der Waals surface area (Å²) in [5.74, 6) is -0.353. The number of nitrogens with one attached hydrogen (secondary N) is 1. The lowest BCUT2D eigenvalue weighted by molar-refractivity contribution is 0.632. The number of hydrogen-bond acceptors (Lipinski definition) is 2. The molecular formula is C10H13FN2. The topological polar surface area (TPSA) is 38.0 Å². The lowest BCUT2D eigenvalue weighted by atomic mass is 10.2. The first-order valence-corrected chi connectivity index (χ1v) is 4.43. The molecule has 70 valence electrons. The molecule has 3 N–H and O–H groups in total. The van der Waals surface area contributed by atoms with Crippen molar-refractivity contribution < 1.29 is 4.39 Å². The maximum Gasteiger partial charge on any atom is 0.148 e. The largest absolute Gasteiger partial charge is 0.395 e. The molecule has 13 heavy (non-hydrogen) atoms. The zero-order valence-electron chi connectivity index (χ0n) is 7.60. The fourth-order valence-corrected chi connectivity index (χ4v) is 1.28. The van der Waals surface area contributed by atoms with E-state index >= 15 is 0 Å². The normalized spacial score (nSPS) is 18.3. The van der Waals surface area contributed by atoms with Crippen molar-refractivity contribution in [2.24, 2.45) is 0 Å². The molecule has 1 aliphatic rings. The summed E-state index contributed by atoms with van der Waals surface area (Å²) in [6.45, 7) is 2.11. The number of nitrogen functional groups attached to an aromatic ring is 1. The molecule has 1 aromatic rings. The molecule has 0 aliphatic heterocycles. The van der Waals surface area contributed by atoms with Crippen molar-refractivity contribution in [1.29, 1.82) is 0 Å². The summed E-state index contributed by atoms with van der Waals surface area (Å²) in [5, 5.41) is 3.24. The van der Waals surface area contributed by atoms with Gasteiger partial charge in [-0.2, -0.15) is 0 Å². The van der Waals surface area contributed by atoms with Crippen LogP contribution in [0.4, 0.5) is 15.8 Å². The highest BCUT2D eigenvalue weighted by Gasteiger charge is 2.37. The van der Waals surface area contributed by atoms with E-state index in [1.165, 1.54) is 6.07 Å². The summed E-state index contributed by atoms with van der Waals surface area (Å²) in [6.07, 6.45) is 2.26. The monoisotopic (exact) mass is 180 g/mol. The highest BCUT2D eigenvalue weighted by molar-refractivity contribution is 5.67. The summed E-state index contributed by atoms with van der Waals surface area (Å²) in [4.78, 5) is 0. The number of hydrogen-bond donors (Lipinski definition) is 2. The molecule has 0 radical (unpaired) electrons. The molecule has 3 heteroatoms. The van der Waals surface area contributed by atoms with Gasteiger partial charge in [0.05, 0.1) is 11.4 Å². The molecular weight excluding hydrogens is 167 g/mol. The Kier molecular flexibility index (Phi) is 1.68. The third-order valence-electron chi connectivity index (χ3n) is 2.49. The number of para-hydroxylation sites is 1. The van der Waals surface area contributed by atoms with Gasteiger partial charge in [0.2, 0.25) is 0 Å². The SMILES string of the molecule is CC1(Nc2cccc(F)c2N)CC1. The van der Waals surface area contributed by atoms with Crippen LogP contribution in [0.5, 0.6) is 0 Å². The zero-order valence-corrected chi connectivity index (χ0v) is 7.60. The molecule has 1 aliphatic carbocycles. The second-order valence-corrected chi connectivity index (χ2v) is 3.89. The molecule has 1 saturated carbocycles. The van der Waals surface area contributed by atoms with E-state index in [9.17, 15) is 4.39 Å². The number of nitrogens with two attached hydrogens (primary N) is 1. The minimum Gasteiger partial charge on any atom is -0.395 e. The van der Waals surface area contributed by atoms with Crippen molar-refractivity contribution in [2.45, 2.75) is 25.3 Å². The predicted molar refractivity (Wildman–Crippen MR) is 52.1 cm³/mol. The Bertz CT molecular complexity index is 332. The first-order chi connectivity index (χ1) is 6.11. The maximum absolute atomic E-state index is 13.0. The van der Waals surface area contributed by atoms with Crippen LogP contribution in [0.3, 0.4) is 0 Å². The molecule has 1 aromatic carbocycles. The van der Waals surface area contributed by atoms with Crippen molar-refractivity contribution >= 4 is 11.4 Å². The Morgan fingerprint density at radius 2 is 2.15 bits per heavy atom. The van der Waals surface area contributed by atoms with Gasteiger partial charge in [-0.1, -0.05) is 6.07 Å². The van der Waals surface area contributed by atoms with E-state index in [2.05, 4.69) is 12.2 Å². The molecule has 0 atom stereocenters. The van der Waals surface area contributed by atoms with Crippen LogP contribution in [0, 0.1) is 5.82 Å². The molecule has 0 unspecified atom stereocenters. The molecule has 0 amide bonds. The van der Waals surface area contributed by atoms with Gasteiger partial charge in [0, 0.05) is 5.54 Å². The van der Waals surface area contributed by atoms with Crippen LogP contribution < -0.4 is 11.1 Å². The van der Waals surface area contributed by atoms with Crippen molar-refractivity contribution in [3.8, 4) is 0 Å². The minimum absolute atomic E-state index is 0.141. The standard InChI is InChI=1S/C10H13FN2/c1-10(5-6-10)13-8-4-2-3-7(11)9(8)12/h2-4,13H,5-6,12H2,1H3. The molecule has 0 saturated heterocycles. The Morgan fingerprint density at radius 1 is 1.46 bits per heavy atom. The lowest BCUT2D eigenvalue weighted by Gasteiger charge is -2.15. The van der Waals surface area contributed by atoms with E-state index in [-0.39, 0.29) is 17.0 Å². The Balaban J connectivity index is 2.25. The highest BCUT2D eigenvalue weighted by Crippen LogP contribution is 2.39. The summed E-state index contributed by atoms with van der Waals surface area (Å²) in [5.41, 5.74) is 6.65. The number of anilines is 2. The van der Waals surface area contributed by atoms with Crippen molar-refractivity contribution in [1.82, 2.24) is 0 Å². The average Bonchev–Trinajstić information content (AvgIpc) is 2.78. The van der Waals surface area contributed by atoms with Crippen molar-refractivity contribution in [3.63, 3.8) is 0 Å². The molecule has 0 spiro atoms. The van der Waals surface area contributed by atoms with E-state index < -0.39 is 0 Å². The number of halogens is 1. The smallest absolute Gasteiger partial charge is 0.148 e. The van der Waals surface area contributed by atoms with Gasteiger partial charge in [-0.15, -0.1) is 0 Å². The Labute approximate surface area is 76.9 Å². The number of benzene rings is 1. The first-order valence-electron chi connectivity index (χ1n) is 4.43. The first kappa shape index (κ1) is 8.35. The van der Waals surface area contributed by atoms with E-state index in [1.807, 2.05) is 6.07 Å². The second-order valence-electron chi connectivity index (χ2n) is 3.89. The summed E-state index contributed by atoms with van der Waals surface area (Å²) < 4.78 is 13.0. The fourth-order valence-electron chi connectivity index (χ4n) is 1.28. The maximum atomic E-state index is 13.0. The van der Waals surface area contributed by atoms with Crippen LogP contribution in [0.1, 0.15) is 19.8 Å². The van der Waals surface area contributed by atoms with Crippen molar-refractivity contribution in [2.75, 3.05) is 11.1 Å². The summed E-state index contributed by atoms with van der Waals surface area (Å²) in [6, 6.07) is 4.84. The van der Waals surface area contributed by atoms with Crippen LogP contribution in [0.25, 0.3) is 0 Å². The van der Waals surface area contributed by atoms with Gasteiger partial charge >= 0.3 is 0 Å². The van der Waals surface area contributed by atoms with E-state index in [1.54, 1.807) is 6.07 Å². The average molecular weight is 180 g/mol. The number of rotatable bonds is 2.